The Kier molecular flexibility index (Phi) is 3.15. The Balaban J connectivity index is 1.67. The summed E-state index contributed by atoms with van der Waals surface area (Å²) in [6.45, 7) is 0.802. The largest absolute Gasteiger partial charge is 0.352 e. The first-order valence-corrected chi connectivity index (χ1v) is 8.54. The predicted molar refractivity (Wildman–Crippen MR) is 86.5 cm³/mol. The molecule has 2 saturated carbocycles. The van der Waals surface area contributed by atoms with E-state index < -0.39 is 11.6 Å². The van der Waals surface area contributed by atoms with Crippen molar-refractivity contribution in [1.29, 1.82) is 0 Å². The van der Waals surface area contributed by atoms with Gasteiger partial charge >= 0.3 is 6.03 Å². The first-order chi connectivity index (χ1) is 11.1. The van der Waals surface area contributed by atoms with E-state index in [1.165, 1.54) is 18.4 Å². The number of benzene rings is 1. The van der Waals surface area contributed by atoms with Gasteiger partial charge in [-0.15, -0.1) is 0 Å². The van der Waals surface area contributed by atoms with Crippen molar-refractivity contribution < 1.29 is 9.59 Å². The third kappa shape index (κ3) is 2.06. The molecule has 0 bridgehead atoms. The van der Waals surface area contributed by atoms with Gasteiger partial charge in [-0.25, -0.2) is 4.79 Å². The molecule has 3 fully saturated rings. The lowest BCUT2D eigenvalue weighted by molar-refractivity contribution is -0.170. The molecule has 1 heterocycles. The van der Waals surface area contributed by atoms with Crippen molar-refractivity contribution in [1.82, 2.24) is 10.2 Å². The van der Waals surface area contributed by atoms with Crippen LogP contribution in [-0.2, 0) is 10.3 Å². The maximum Gasteiger partial charge on any atom is 0.313 e. The lowest BCUT2D eigenvalue weighted by Gasteiger charge is -2.62. The lowest BCUT2D eigenvalue weighted by Crippen LogP contribution is -2.71. The smallest absolute Gasteiger partial charge is 0.313 e. The molecule has 3 amide bonds. The SMILES string of the molecule is NC(=O)NC1(C(=O)N2C[C@@H]3CCCC[C@@]32c2ccccc2)CC1. The van der Waals surface area contributed by atoms with E-state index in [-0.39, 0.29) is 11.4 Å². The standard InChI is InChI=1S/C18H23N3O2/c19-16(23)20-17(10-11-17)15(22)21-12-14-8-4-5-9-18(14,21)13-6-2-1-3-7-13/h1-3,6-7,14H,4-5,8-12H2,(H3,19,20,23)/t14-,18+/m0/s1. The van der Waals surface area contributed by atoms with Gasteiger partial charge in [-0.3, -0.25) is 4.79 Å². The normalized spacial score (nSPS) is 30.8. The van der Waals surface area contributed by atoms with Crippen LogP contribution in [0.25, 0.3) is 0 Å². The second kappa shape index (κ2) is 4.98. The van der Waals surface area contributed by atoms with Crippen molar-refractivity contribution in [2.24, 2.45) is 11.7 Å². The van der Waals surface area contributed by atoms with Crippen molar-refractivity contribution in [2.75, 3.05) is 6.54 Å². The molecule has 3 N–H and O–H groups in total. The molecule has 5 heteroatoms. The second-order valence-corrected chi connectivity index (χ2v) is 7.22. The molecule has 3 aliphatic rings. The summed E-state index contributed by atoms with van der Waals surface area (Å²) in [6.07, 6.45) is 5.97. The van der Waals surface area contributed by atoms with Gasteiger partial charge in [-0.1, -0.05) is 43.2 Å². The molecule has 2 atom stereocenters. The Hall–Kier alpha value is -2.04. The molecule has 122 valence electrons. The van der Waals surface area contributed by atoms with Gasteiger partial charge in [0.25, 0.3) is 0 Å². The van der Waals surface area contributed by atoms with Crippen LogP contribution in [0.4, 0.5) is 4.79 Å². The van der Waals surface area contributed by atoms with Crippen LogP contribution >= 0.6 is 0 Å². The quantitative estimate of drug-likeness (QED) is 0.897. The summed E-state index contributed by atoms with van der Waals surface area (Å²) in [4.78, 5) is 26.4. The van der Waals surface area contributed by atoms with E-state index in [9.17, 15) is 9.59 Å². The summed E-state index contributed by atoms with van der Waals surface area (Å²) in [6, 6.07) is 9.78. The Morgan fingerprint density at radius 1 is 1.13 bits per heavy atom. The van der Waals surface area contributed by atoms with Crippen LogP contribution < -0.4 is 11.1 Å². The van der Waals surface area contributed by atoms with Crippen LogP contribution in [0.15, 0.2) is 30.3 Å². The third-order valence-electron chi connectivity index (χ3n) is 5.96. The minimum atomic E-state index is -0.740. The number of hydrogen-bond acceptors (Lipinski definition) is 2. The molecule has 0 radical (unpaired) electrons. The number of carbonyl (C=O) groups excluding carboxylic acids is 2. The topological polar surface area (TPSA) is 75.4 Å². The molecule has 1 aromatic rings. The van der Waals surface area contributed by atoms with Gasteiger partial charge in [-0.2, -0.15) is 0 Å². The van der Waals surface area contributed by atoms with Crippen molar-refractivity contribution in [3.05, 3.63) is 35.9 Å². The number of nitrogens with zero attached hydrogens (tertiary/aromatic N) is 1. The third-order valence-corrected chi connectivity index (χ3v) is 5.96. The summed E-state index contributed by atoms with van der Waals surface area (Å²) in [5, 5.41) is 2.69. The molecule has 1 aromatic carbocycles. The summed E-state index contributed by atoms with van der Waals surface area (Å²) < 4.78 is 0. The van der Waals surface area contributed by atoms with Gasteiger partial charge in [0.2, 0.25) is 5.91 Å². The molecule has 0 spiro atoms. The average Bonchev–Trinajstić information content (AvgIpc) is 3.29. The first kappa shape index (κ1) is 14.5. The Bertz CT molecular complexity index is 641. The maximum absolute atomic E-state index is 13.1. The highest BCUT2D eigenvalue weighted by atomic mass is 16.2. The molecular formula is C18H23N3O2. The zero-order valence-electron chi connectivity index (χ0n) is 13.3. The summed E-state index contributed by atoms with van der Waals surface area (Å²) >= 11 is 0. The molecular weight excluding hydrogens is 290 g/mol. The molecule has 2 aliphatic carbocycles. The average molecular weight is 313 g/mol. The zero-order chi connectivity index (χ0) is 16.1. The molecule has 1 aliphatic heterocycles. The second-order valence-electron chi connectivity index (χ2n) is 7.22. The van der Waals surface area contributed by atoms with Crippen LogP contribution in [0, 0.1) is 5.92 Å². The summed E-state index contributed by atoms with van der Waals surface area (Å²) in [7, 11) is 0. The Morgan fingerprint density at radius 3 is 2.48 bits per heavy atom. The van der Waals surface area contributed by atoms with Gasteiger partial charge in [0.1, 0.15) is 5.54 Å². The van der Waals surface area contributed by atoms with Crippen LogP contribution in [0.3, 0.4) is 0 Å². The number of fused-ring (bicyclic) bond motifs is 1. The van der Waals surface area contributed by atoms with E-state index in [1.807, 2.05) is 23.1 Å². The number of nitrogens with one attached hydrogen (secondary N) is 1. The minimum Gasteiger partial charge on any atom is -0.352 e. The predicted octanol–water partition coefficient (Wildman–Crippen LogP) is 2.12. The van der Waals surface area contributed by atoms with Crippen LogP contribution in [0.2, 0.25) is 0 Å². The van der Waals surface area contributed by atoms with E-state index >= 15 is 0 Å². The number of urea groups is 1. The fourth-order valence-corrected chi connectivity index (χ4v) is 4.63. The van der Waals surface area contributed by atoms with Crippen molar-refractivity contribution in [3.63, 3.8) is 0 Å². The van der Waals surface area contributed by atoms with Gasteiger partial charge in [0.05, 0.1) is 5.54 Å². The monoisotopic (exact) mass is 313 g/mol. The van der Waals surface area contributed by atoms with Gasteiger partial charge in [-0.05, 0) is 31.2 Å². The van der Waals surface area contributed by atoms with Crippen molar-refractivity contribution in [2.45, 2.75) is 49.6 Å². The fourth-order valence-electron chi connectivity index (χ4n) is 4.63. The van der Waals surface area contributed by atoms with Crippen LogP contribution in [0.1, 0.15) is 44.1 Å². The highest BCUT2D eigenvalue weighted by Crippen LogP contribution is 2.55. The van der Waals surface area contributed by atoms with Crippen LogP contribution in [0.5, 0.6) is 0 Å². The van der Waals surface area contributed by atoms with Crippen LogP contribution in [-0.4, -0.2) is 28.9 Å². The minimum absolute atomic E-state index is 0.0540. The van der Waals surface area contributed by atoms with E-state index in [0.717, 1.165) is 19.4 Å². The number of hydrogen-bond donors (Lipinski definition) is 2. The summed E-state index contributed by atoms with van der Waals surface area (Å²) in [5.74, 6) is 0.588. The number of likely N-dealkylation sites (tertiary alicyclic amines) is 1. The number of nitrogens with two attached hydrogens (primary N) is 1. The summed E-state index contributed by atoms with van der Waals surface area (Å²) in [5.41, 5.74) is 5.59. The van der Waals surface area contributed by atoms with E-state index in [2.05, 4.69) is 17.4 Å². The molecule has 5 nitrogen and oxygen atoms in total. The molecule has 0 unspecified atom stereocenters. The maximum atomic E-state index is 13.1. The van der Waals surface area contributed by atoms with Gasteiger partial charge < -0.3 is 16.0 Å². The first-order valence-electron chi connectivity index (χ1n) is 8.54. The fraction of sp³-hybridized carbons (Fsp3) is 0.556. The Morgan fingerprint density at radius 2 is 1.87 bits per heavy atom. The number of primary amides is 1. The van der Waals surface area contributed by atoms with E-state index in [4.69, 9.17) is 5.73 Å². The number of carbonyl (C=O) groups is 2. The zero-order valence-corrected chi connectivity index (χ0v) is 13.3. The number of amides is 3. The van der Waals surface area contributed by atoms with Gasteiger partial charge in [0, 0.05) is 12.5 Å². The molecule has 23 heavy (non-hydrogen) atoms. The molecule has 0 aromatic heterocycles. The highest BCUT2D eigenvalue weighted by molar-refractivity contribution is 5.94. The molecule has 1 saturated heterocycles. The van der Waals surface area contributed by atoms with E-state index in [0.29, 0.717) is 18.8 Å². The van der Waals surface area contributed by atoms with Gasteiger partial charge in [0.15, 0.2) is 0 Å². The Labute approximate surface area is 136 Å². The van der Waals surface area contributed by atoms with E-state index in [1.54, 1.807) is 0 Å². The highest BCUT2D eigenvalue weighted by Gasteiger charge is 2.63. The van der Waals surface area contributed by atoms with Crippen molar-refractivity contribution in [3.8, 4) is 0 Å². The molecule has 4 rings (SSSR count). The lowest BCUT2D eigenvalue weighted by atomic mass is 9.61. The number of rotatable bonds is 3. The van der Waals surface area contributed by atoms with Crippen molar-refractivity contribution >= 4 is 11.9 Å².